The Balaban J connectivity index is 2.24. The Morgan fingerprint density at radius 1 is 1.14 bits per heavy atom. The Labute approximate surface area is 124 Å². The molecular weight excluding hydrogens is 292 g/mol. The average Bonchev–Trinajstić information content (AvgIpc) is 2.87. The molecular formula is C14H9ClN4O2. The van der Waals surface area contributed by atoms with Crippen molar-refractivity contribution in [1.29, 1.82) is 0 Å². The maximum absolute atomic E-state index is 11.5. The summed E-state index contributed by atoms with van der Waals surface area (Å²) in [5, 5.41) is 21.3. The zero-order valence-corrected chi connectivity index (χ0v) is 11.4. The summed E-state index contributed by atoms with van der Waals surface area (Å²) >= 11 is 6.16. The van der Waals surface area contributed by atoms with E-state index >= 15 is 0 Å². The van der Waals surface area contributed by atoms with Crippen LogP contribution in [-0.2, 0) is 0 Å². The van der Waals surface area contributed by atoms with E-state index in [0.29, 0.717) is 17.1 Å². The van der Waals surface area contributed by atoms with Crippen molar-refractivity contribution in [3.8, 4) is 17.1 Å². The first kappa shape index (κ1) is 13.3. The molecule has 2 aromatic heterocycles. The molecule has 0 radical (unpaired) electrons. The largest absolute Gasteiger partial charge is 0.478 e. The summed E-state index contributed by atoms with van der Waals surface area (Å²) in [7, 11) is 0. The maximum atomic E-state index is 11.5. The zero-order valence-electron chi connectivity index (χ0n) is 10.6. The van der Waals surface area contributed by atoms with E-state index in [9.17, 15) is 9.90 Å². The van der Waals surface area contributed by atoms with Gasteiger partial charge < -0.3 is 5.11 Å². The molecule has 21 heavy (non-hydrogen) atoms. The van der Waals surface area contributed by atoms with Crippen molar-refractivity contribution >= 4 is 17.6 Å². The predicted octanol–water partition coefficient (Wildman–Crippen LogP) is 2.68. The van der Waals surface area contributed by atoms with Gasteiger partial charge in [-0.3, -0.25) is 0 Å². The number of hydrogen-bond acceptors (Lipinski definition) is 4. The van der Waals surface area contributed by atoms with Crippen molar-refractivity contribution in [2.45, 2.75) is 0 Å². The smallest absolute Gasteiger partial charge is 0.341 e. The fourth-order valence-corrected chi connectivity index (χ4v) is 2.24. The van der Waals surface area contributed by atoms with Gasteiger partial charge in [0, 0.05) is 11.8 Å². The van der Waals surface area contributed by atoms with E-state index in [4.69, 9.17) is 11.6 Å². The van der Waals surface area contributed by atoms with Crippen molar-refractivity contribution in [3.63, 3.8) is 0 Å². The normalized spacial score (nSPS) is 10.5. The number of aromatic carboxylic acids is 1. The zero-order chi connectivity index (χ0) is 14.8. The van der Waals surface area contributed by atoms with Crippen LogP contribution in [0.25, 0.3) is 17.1 Å². The monoisotopic (exact) mass is 300 g/mol. The van der Waals surface area contributed by atoms with E-state index in [1.807, 2.05) is 6.07 Å². The van der Waals surface area contributed by atoms with Gasteiger partial charge in [0.05, 0.1) is 0 Å². The standard InChI is InChI=1S/C14H9ClN4O2/c15-13-11(14(20)21)12(9-5-2-1-3-6-9)18-19(13)10-7-4-8-16-17-10/h1-8H,(H,20,21). The molecule has 3 aromatic rings. The molecule has 1 aromatic carbocycles. The number of aromatic nitrogens is 4. The van der Waals surface area contributed by atoms with E-state index in [0.717, 1.165) is 0 Å². The molecule has 104 valence electrons. The van der Waals surface area contributed by atoms with Crippen LogP contribution < -0.4 is 0 Å². The second kappa shape index (κ2) is 5.34. The number of halogens is 1. The summed E-state index contributed by atoms with van der Waals surface area (Å²) in [5.74, 6) is -0.791. The molecule has 7 heteroatoms. The number of carboxylic acids is 1. The predicted molar refractivity (Wildman–Crippen MR) is 76.6 cm³/mol. The molecule has 0 aliphatic rings. The van der Waals surface area contributed by atoms with E-state index in [-0.39, 0.29) is 10.7 Å². The first-order chi connectivity index (χ1) is 10.2. The van der Waals surface area contributed by atoms with Crippen LogP contribution in [0.4, 0.5) is 0 Å². The second-order valence-corrected chi connectivity index (χ2v) is 4.54. The minimum Gasteiger partial charge on any atom is -0.478 e. The Bertz CT molecular complexity index is 787. The van der Waals surface area contributed by atoms with Gasteiger partial charge >= 0.3 is 5.97 Å². The van der Waals surface area contributed by atoms with Gasteiger partial charge in [0.1, 0.15) is 16.4 Å². The highest BCUT2D eigenvalue weighted by atomic mass is 35.5. The topological polar surface area (TPSA) is 80.9 Å². The summed E-state index contributed by atoms with van der Waals surface area (Å²) in [6.45, 7) is 0. The van der Waals surface area contributed by atoms with Crippen molar-refractivity contribution in [2.75, 3.05) is 0 Å². The molecule has 0 saturated carbocycles. The van der Waals surface area contributed by atoms with Crippen molar-refractivity contribution in [1.82, 2.24) is 20.0 Å². The molecule has 0 spiro atoms. The molecule has 0 saturated heterocycles. The summed E-state index contributed by atoms with van der Waals surface area (Å²) < 4.78 is 1.26. The third kappa shape index (κ3) is 2.36. The summed E-state index contributed by atoms with van der Waals surface area (Å²) in [4.78, 5) is 11.5. The van der Waals surface area contributed by atoms with Gasteiger partial charge in [0.15, 0.2) is 5.82 Å². The number of benzene rings is 1. The average molecular weight is 301 g/mol. The third-order valence-corrected chi connectivity index (χ3v) is 3.21. The van der Waals surface area contributed by atoms with Crippen LogP contribution >= 0.6 is 11.6 Å². The fraction of sp³-hybridized carbons (Fsp3) is 0. The Morgan fingerprint density at radius 3 is 2.52 bits per heavy atom. The number of carbonyl (C=O) groups is 1. The molecule has 2 heterocycles. The highest BCUT2D eigenvalue weighted by Gasteiger charge is 2.24. The van der Waals surface area contributed by atoms with Gasteiger partial charge in [-0.05, 0) is 12.1 Å². The second-order valence-electron chi connectivity index (χ2n) is 4.18. The third-order valence-electron chi connectivity index (χ3n) is 2.87. The van der Waals surface area contributed by atoms with E-state index in [1.54, 1.807) is 36.4 Å². The van der Waals surface area contributed by atoms with Crippen LogP contribution in [0.5, 0.6) is 0 Å². The lowest BCUT2D eigenvalue weighted by molar-refractivity contribution is 0.0698. The van der Waals surface area contributed by atoms with Gasteiger partial charge in [0.2, 0.25) is 0 Å². The highest BCUT2D eigenvalue weighted by molar-refractivity contribution is 6.33. The maximum Gasteiger partial charge on any atom is 0.341 e. The molecule has 3 rings (SSSR count). The first-order valence-corrected chi connectivity index (χ1v) is 6.41. The van der Waals surface area contributed by atoms with Gasteiger partial charge in [-0.2, -0.15) is 10.2 Å². The number of nitrogens with zero attached hydrogens (tertiary/aromatic N) is 4. The molecule has 0 aliphatic heterocycles. The lowest BCUT2D eigenvalue weighted by Crippen LogP contribution is -2.01. The molecule has 0 bridgehead atoms. The van der Waals surface area contributed by atoms with Crippen molar-refractivity contribution in [3.05, 3.63) is 59.4 Å². The number of rotatable bonds is 3. The first-order valence-electron chi connectivity index (χ1n) is 6.04. The molecule has 0 unspecified atom stereocenters. The van der Waals surface area contributed by atoms with Crippen LogP contribution in [0.15, 0.2) is 48.7 Å². The Kier molecular flexibility index (Phi) is 3.37. The molecule has 0 atom stereocenters. The van der Waals surface area contributed by atoms with Gasteiger partial charge in [-0.15, -0.1) is 5.10 Å². The Morgan fingerprint density at radius 2 is 1.90 bits per heavy atom. The van der Waals surface area contributed by atoms with Crippen LogP contribution in [0.1, 0.15) is 10.4 Å². The van der Waals surface area contributed by atoms with E-state index in [2.05, 4.69) is 15.3 Å². The summed E-state index contributed by atoms with van der Waals surface area (Å²) in [5.41, 5.74) is 0.895. The SMILES string of the molecule is O=C(O)c1c(-c2ccccc2)nn(-c2cccnn2)c1Cl. The molecule has 6 nitrogen and oxygen atoms in total. The lowest BCUT2D eigenvalue weighted by atomic mass is 10.1. The van der Waals surface area contributed by atoms with Crippen molar-refractivity contribution < 1.29 is 9.90 Å². The van der Waals surface area contributed by atoms with E-state index < -0.39 is 5.97 Å². The lowest BCUT2D eigenvalue weighted by Gasteiger charge is -1.99. The summed E-state index contributed by atoms with van der Waals surface area (Å²) in [6.07, 6.45) is 1.51. The van der Waals surface area contributed by atoms with Gasteiger partial charge in [-0.1, -0.05) is 41.9 Å². The number of carboxylic acid groups (broad SMARTS) is 1. The highest BCUT2D eigenvalue weighted by Crippen LogP contribution is 2.30. The molecule has 0 amide bonds. The minimum atomic E-state index is -1.14. The van der Waals surface area contributed by atoms with Crippen LogP contribution in [0.3, 0.4) is 0 Å². The fourth-order valence-electron chi connectivity index (χ4n) is 1.94. The van der Waals surface area contributed by atoms with Crippen LogP contribution in [0.2, 0.25) is 5.15 Å². The van der Waals surface area contributed by atoms with E-state index in [1.165, 1.54) is 10.9 Å². The molecule has 0 aliphatic carbocycles. The van der Waals surface area contributed by atoms with Gasteiger partial charge in [0.25, 0.3) is 0 Å². The Hall–Kier alpha value is -2.73. The van der Waals surface area contributed by atoms with Crippen LogP contribution in [-0.4, -0.2) is 31.1 Å². The summed E-state index contributed by atoms with van der Waals surface area (Å²) in [6, 6.07) is 12.3. The van der Waals surface area contributed by atoms with Crippen molar-refractivity contribution in [2.24, 2.45) is 0 Å². The molecule has 0 fully saturated rings. The van der Waals surface area contributed by atoms with Crippen LogP contribution in [0, 0.1) is 0 Å². The number of hydrogen-bond donors (Lipinski definition) is 1. The minimum absolute atomic E-state index is 0.0122. The quantitative estimate of drug-likeness (QED) is 0.804. The van der Waals surface area contributed by atoms with Gasteiger partial charge in [-0.25, -0.2) is 9.48 Å². The molecule has 1 N–H and O–H groups in total.